The van der Waals surface area contributed by atoms with E-state index in [1.165, 1.54) is 6.92 Å². The van der Waals surface area contributed by atoms with Gasteiger partial charge in [0.2, 0.25) is 5.60 Å². The van der Waals surface area contributed by atoms with Crippen LogP contribution in [-0.2, 0) is 5.60 Å². The third-order valence-electron chi connectivity index (χ3n) is 2.93. The van der Waals surface area contributed by atoms with Crippen LogP contribution < -0.4 is 0 Å². The molecule has 0 aliphatic rings. The van der Waals surface area contributed by atoms with Crippen LogP contribution in [0.2, 0.25) is 5.02 Å². The molecule has 0 heterocycles. The number of hydrogen-bond acceptors (Lipinski definition) is 2. The average Bonchev–Trinajstić information content (AvgIpc) is 2.37. The maximum atomic E-state index is 13.4. The number of alkyl halides is 3. The molecule has 1 unspecified atom stereocenters. The molecule has 0 aromatic heterocycles. The van der Waals surface area contributed by atoms with Crippen molar-refractivity contribution in [1.29, 1.82) is 5.26 Å². The summed E-state index contributed by atoms with van der Waals surface area (Å²) in [6, 6.07) is 3.95. The van der Waals surface area contributed by atoms with Crippen molar-refractivity contribution in [3.05, 3.63) is 33.8 Å². The van der Waals surface area contributed by atoms with Gasteiger partial charge in [0.25, 0.3) is 0 Å². The third kappa shape index (κ3) is 3.55. The summed E-state index contributed by atoms with van der Waals surface area (Å²) in [4.78, 5) is 0. The van der Waals surface area contributed by atoms with Crippen molar-refractivity contribution in [2.45, 2.75) is 39.5 Å². The molecular weight excluding hydrogens is 315 g/mol. The molecule has 0 aliphatic carbocycles. The van der Waals surface area contributed by atoms with E-state index in [4.69, 9.17) is 16.9 Å². The van der Waals surface area contributed by atoms with Gasteiger partial charge >= 0.3 is 6.18 Å². The second kappa shape index (κ2) is 5.83. The normalized spacial score (nSPS) is 14.5. The number of benzene rings is 1. The summed E-state index contributed by atoms with van der Waals surface area (Å²) >= 11 is 5.90. The molecule has 0 saturated carbocycles. The number of aliphatic hydroxyl groups is 1. The van der Waals surface area contributed by atoms with Crippen molar-refractivity contribution in [2.24, 2.45) is 5.41 Å². The first-order valence-electron chi connectivity index (χ1n) is 6.36. The van der Waals surface area contributed by atoms with E-state index in [2.05, 4.69) is 5.92 Å². The van der Waals surface area contributed by atoms with Gasteiger partial charge in [-0.15, -0.1) is 0 Å². The van der Waals surface area contributed by atoms with E-state index in [1.54, 1.807) is 26.8 Å². The minimum Gasteiger partial charge on any atom is -0.366 e. The molecule has 0 amide bonds. The van der Waals surface area contributed by atoms with Gasteiger partial charge in [-0.25, -0.2) is 0 Å². The van der Waals surface area contributed by atoms with Crippen LogP contribution in [0.5, 0.6) is 0 Å². The Kier molecular flexibility index (Phi) is 4.87. The quantitative estimate of drug-likeness (QED) is 0.780. The van der Waals surface area contributed by atoms with Gasteiger partial charge in [0, 0.05) is 11.0 Å². The Hall–Kier alpha value is -1.69. The van der Waals surface area contributed by atoms with E-state index in [0.29, 0.717) is 0 Å². The van der Waals surface area contributed by atoms with Crippen molar-refractivity contribution in [1.82, 2.24) is 0 Å². The first kappa shape index (κ1) is 18.4. The van der Waals surface area contributed by atoms with Crippen molar-refractivity contribution >= 4 is 11.6 Å². The molecule has 1 N–H and O–H groups in total. The Bertz CT molecular complexity index is 687. The Labute approximate surface area is 132 Å². The molecule has 2 nitrogen and oxygen atoms in total. The van der Waals surface area contributed by atoms with E-state index in [-0.39, 0.29) is 16.1 Å². The molecule has 22 heavy (non-hydrogen) atoms. The highest BCUT2D eigenvalue weighted by Gasteiger charge is 2.55. The van der Waals surface area contributed by atoms with Gasteiger partial charge in [-0.05, 0) is 39.3 Å². The second-order valence-corrected chi connectivity index (χ2v) is 6.30. The fourth-order valence-electron chi connectivity index (χ4n) is 1.73. The molecule has 6 heteroatoms. The number of hydrogen-bond donors (Lipinski definition) is 1. The lowest BCUT2D eigenvalue weighted by atomic mass is 9.87. The van der Waals surface area contributed by atoms with E-state index >= 15 is 0 Å². The van der Waals surface area contributed by atoms with Crippen LogP contribution in [0.15, 0.2) is 12.1 Å². The minimum atomic E-state index is -5.01. The molecule has 1 rings (SSSR count). The highest BCUT2D eigenvalue weighted by Crippen LogP contribution is 2.42. The van der Waals surface area contributed by atoms with Crippen molar-refractivity contribution in [3.8, 4) is 17.9 Å². The molecule has 0 fully saturated rings. The van der Waals surface area contributed by atoms with Crippen LogP contribution in [0.4, 0.5) is 13.2 Å². The molecular formula is C16H15ClF3NO. The van der Waals surface area contributed by atoms with Crippen LogP contribution in [-0.4, -0.2) is 11.3 Å². The SMILES string of the molecule is Cc1c(C(O)(C#CC(C)(C)C)C(F)(F)F)ccc(C#N)c1Cl. The second-order valence-electron chi connectivity index (χ2n) is 5.92. The zero-order chi connectivity index (χ0) is 17.3. The van der Waals surface area contributed by atoms with Crippen LogP contribution in [0.1, 0.15) is 37.5 Å². The lowest BCUT2D eigenvalue weighted by molar-refractivity contribution is -0.241. The number of nitriles is 1. The summed E-state index contributed by atoms with van der Waals surface area (Å²) in [7, 11) is 0. The molecule has 0 aliphatic heterocycles. The average molecular weight is 330 g/mol. The fraction of sp³-hybridized carbons (Fsp3) is 0.438. The standard InChI is InChI=1S/C16H15ClF3NO/c1-10-12(6-5-11(9-21)13(10)17)15(22,16(18,19)20)8-7-14(2,3)4/h5-6,22H,1-4H3. The lowest BCUT2D eigenvalue weighted by Gasteiger charge is -2.28. The first-order chi connectivity index (χ1) is 9.83. The van der Waals surface area contributed by atoms with Crippen LogP contribution in [0, 0.1) is 35.5 Å². The van der Waals surface area contributed by atoms with Crippen LogP contribution in [0.25, 0.3) is 0 Å². The maximum absolute atomic E-state index is 13.4. The Morgan fingerprint density at radius 2 is 1.68 bits per heavy atom. The van der Waals surface area contributed by atoms with E-state index in [9.17, 15) is 18.3 Å². The largest absolute Gasteiger partial charge is 0.433 e. The predicted molar refractivity (Wildman–Crippen MR) is 78.1 cm³/mol. The third-order valence-corrected chi connectivity index (χ3v) is 3.41. The Balaban J connectivity index is 3.66. The highest BCUT2D eigenvalue weighted by atomic mass is 35.5. The smallest absolute Gasteiger partial charge is 0.366 e. The summed E-state index contributed by atoms with van der Waals surface area (Å²) in [5.74, 6) is 4.35. The number of rotatable bonds is 1. The van der Waals surface area contributed by atoms with Gasteiger partial charge < -0.3 is 5.11 Å². The highest BCUT2D eigenvalue weighted by molar-refractivity contribution is 6.32. The van der Waals surface area contributed by atoms with Gasteiger partial charge in [0.1, 0.15) is 6.07 Å². The summed E-state index contributed by atoms with van der Waals surface area (Å²) in [5.41, 5.74) is -4.52. The molecule has 0 spiro atoms. The number of nitrogens with zero attached hydrogens (tertiary/aromatic N) is 1. The molecule has 1 aromatic rings. The summed E-state index contributed by atoms with van der Waals surface area (Å²) in [6.07, 6.45) is -5.01. The van der Waals surface area contributed by atoms with Crippen molar-refractivity contribution in [3.63, 3.8) is 0 Å². The summed E-state index contributed by atoms with van der Waals surface area (Å²) in [6.45, 7) is 6.22. The molecule has 0 radical (unpaired) electrons. The maximum Gasteiger partial charge on any atom is 0.433 e. The Morgan fingerprint density at radius 1 is 1.14 bits per heavy atom. The van der Waals surface area contributed by atoms with E-state index in [1.807, 2.05) is 5.92 Å². The summed E-state index contributed by atoms with van der Waals surface area (Å²) in [5, 5.41) is 18.9. The zero-order valence-electron chi connectivity index (χ0n) is 12.6. The van der Waals surface area contributed by atoms with Crippen molar-refractivity contribution in [2.75, 3.05) is 0 Å². The molecule has 0 saturated heterocycles. The zero-order valence-corrected chi connectivity index (χ0v) is 13.3. The van der Waals surface area contributed by atoms with Gasteiger partial charge in [-0.1, -0.05) is 29.5 Å². The molecule has 1 aromatic carbocycles. The predicted octanol–water partition coefficient (Wildman–Crippen LogP) is 4.32. The number of halogens is 4. The first-order valence-corrected chi connectivity index (χ1v) is 6.74. The minimum absolute atomic E-state index is 0.0243. The fourth-order valence-corrected chi connectivity index (χ4v) is 1.94. The lowest BCUT2D eigenvalue weighted by Crippen LogP contribution is -2.42. The molecule has 118 valence electrons. The Morgan fingerprint density at radius 3 is 2.09 bits per heavy atom. The van der Waals surface area contributed by atoms with E-state index in [0.717, 1.165) is 12.1 Å². The van der Waals surface area contributed by atoms with Gasteiger partial charge in [0.15, 0.2) is 0 Å². The van der Waals surface area contributed by atoms with Gasteiger partial charge in [-0.2, -0.15) is 18.4 Å². The van der Waals surface area contributed by atoms with E-state index < -0.39 is 22.8 Å². The monoisotopic (exact) mass is 329 g/mol. The van der Waals surface area contributed by atoms with Crippen LogP contribution in [0.3, 0.4) is 0 Å². The summed E-state index contributed by atoms with van der Waals surface area (Å²) < 4.78 is 40.2. The van der Waals surface area contributed by atoms with Crippen LogP contribution >= 0.6 is 11.6 Å². The van der Waals surface area contributed by atoms with Gasteiger partial charge in [-0.3, -0.25) is 0 Å². The van der Waals surface area contributed by atoms with Crippen molar-refractivity contribution < 1.29 is 18.3 Å². The van der Waals surface area contributed by atoms with Gasteiger partial charge in [0.05, 0.1) is 10.6 Å². The topological polar surface area (TPSA) is 44.0 Å². The molecule has 1 atom stereocenters. The molecule has 0 bridgehead atoms.